The molecule has 2 unspecified atom stereocenters. The van der Waals surface area contributed by atoms with Gasteiger partial charge in [-0.25, -0.2) is 9.59 Å². The molecule has 3 rings (SSSR count). The molecule has 1 aromatic carbocycles. The van der Waals surface area contributed by atoms with Crippen molar-refractivity contribution in [1.82, 2.24) is 10.2 Å². The number of anilines is 1. The molecule has 8 nitrogen and oxygen atoms in total. The molecular formula is C24H33N3O5. The third-order valence-corrected chi connectivity index (χ3v) is 6.06. The van der Waals surface area contributed by atoms with Crippen molar-refractivity contribution >= 4 is 29.5 Å². The van der Waals surface area contributed by atoms with Crippen LogP contribution in [-0.2, 0) is 14.3 Å². The molecule has 1 saturated carbocycles. The molecule has 1 heterocycles. The fourth-order valence-electron chi connectivity index (χ4n) is 5.08. The van der Waals surface area contributed by atoms with Gasteiger partial charge in [-0.05, 0) is 61.3 Å². The van der Waals surface area contributed by atoms with Crippen molar-refractivity contribution in [2.24, 2.45) is 11.3 Å². The maximum Gasteiger partial charge on any atom is 0.338 e. The number of rotatable bonds is 7. The highest BCUT2D eigenvalue weighted by Crippen LogP contribution is 2.46. The van der Waals surface area contributed by atoms with Crippen LogP contribution < -0.4 is 10.6 Å². The monoisotopic (exact) mass is 443 g/mol. The molecule has 2 N–H and O–H groups in total. The topological polar surface area (TPSA) is 105 Å². The summed E-state index contributed by atoms with van der Waals surface area (Å²) in [6.45, 7) is 8.31. The Balaban J connectivity index is 1.60. The van der Waals surface area contributed by atoms with Crippen molar-refractivity contribution in [1.29, 1.82) is 0 Å². The summed E-state index contributed by atoms with van der Waals surface area (Å²) in [6.07, 6.45) is 3.87. The number of carbonyl (C=O) groups excluding carboxylic acids is 4. The first-order valence-electron chi connectivity index (χ1n) is 11.3. The van der Waals surface area contributed by atoms with E-state index in [2.05, 4.69) is 31.4 Å². The van der Waals surface area contributed by atoms with Crippen LogP contribution in [0.3, 0.4) is 0 Å². The Kier molecular flexibility index (Phi) is 6.91. The fourth-order valence-corrected chi connectivity index (χ4v) is 5.08. The lowest BCUT2D eigenvalue weighted by Crippen LogP contribution is -2.54. The summed E-state index contributed by atoms with van der Waals surface area (Å²) in [5, 5.41) is 5.55. The Morgan fingerprint density at radius 2 is 1.88 bits per heavy atom. The average molecular weight is 444 g/mol. The maximum absolute atomic E-state index is 13.2. The van der Waals surface area contributed by atoms with Crippen LogP contribution >= 0.6 is 0 Å². The molecule has 1 aliphatic carbocycles. The summed E-state index contributed by atoms with van der Waals surface area (Å²) in [6, 6.07) is 5.79. The first-order valence-corrected chi connectivity index (χ1v) is 11.3. The van der Waals surface area contributed by atoms with Crippen molar-refractivity contribution < 1.29 is 23.9 Å². The second-order valence-electron chi connectivity index (χ2n) is 9.87. The van der Waals surface area contributed by atoms with Crippen LogP contribution in [0.2, 0.25) is 0 Å². The minimum atomic E-state index is -0.932. The van der Waals surface area contributed by atoms with E-state index in [1.807, 2.05) is 6.92 Å². The predicted molar refractivity (Wildman–Crippen MR) is 120 cm³/mol. The minimum Gasteiger partial charge on any atom is -0.462 e. The van der Waals surface area contributed by atoms with Gasteiger partial charge in [0, 0.05) is 5.69 Å². The number of amides is 4. The van der Waals surface area contributed by atoms with Crippen LogP contribution in [0.25, 0.3) is 0 Å². The van der Waals surface area contributed by atoms with Crippen molar-refractivity contribution in [3.05, 3.63) is 29.8 Å². The van der Waals surface area contributed by atoms with E-state index in [1.165, 1.54) is 0 Å². The quantitative estimate of drug-likeness (QED) is 0.380. The molecule has 2 atom stereocenters. The molecule has 8 heteroatoms. The van der Waals surface area contributed by atoms with Crippen molar-refractivity contribution in [3.8, 4) is 0 Å². The van der Waals surface area contributed by atoms with Gasteiger partial charge in [0.2, 0.25) is 5.91 Å². The van der Waals surface area contributed by atoms with E-state index in [0.29, 0.717) is 36.6 Å². The number of hydrogen-bond acceptors (Lipinski definition) is 5. The van der Waals surface area contributed by atoms with Crippen LogP contribution in [0.1, 0.15) is 70.2 Å². The van der Waals surface area contributed by atoms with E-state index in [4.69, 9.17) is 4.74 Å². The van der Waals surface area contributed by atoms with E-state index in [-0.39, 0.29) is 17.9 Å². The van der Waals surface area contributed by atoms with Gasteiger partial charge in [-0.2, -0.15) is 0 Å². The summed E-state index contributed by atoms with van der Waals surface area (Å²) < 4.78 is 5.16. The first kappa shape index (κ1) is 23.8. The van der Waals surface area contributed by atoms with Crippen LogP contribution in [0.15, 0.2) is 24.3 Å². The fraction of sp³-hybridized carbons (Fsp3) is 0.583. The molecule has 1 saturated heterocycles. The number of nitrogens with zero attached hydrogens (tertiary/aromatic N) is 1. The molecule has 32 heavy (non-hydrogen) atoms. The van der Waals surface area contributed by atoms with Gasteiger partial charge in [-0.15, -0.1) is 0 Å². The standard InChI is InChI=1S/C24H33N3O5/c1-5-6-11-32-20(29)17-7-9-18(10-8-17)25-19(28)14-27-21(30)24(26-22(27)31)13-16(2)12-23(3,4)15-24/h7-10,16H,5-6,11-15H2,1-4H3,(H,25,28)(H,26,31). The normalized spacial score (nSPS) is 24.4. The maximum atomic E-state index is 13.2. The molecular weight excluding hydrogens is 410 g/mol. The Morgan fingerprint density at radius 1 is 1.19 bits per heavy atom. The first-order chi connectivity index (χ1) is 15.0. The second-order valence-corrected chi connectivity index (χ2v) is 9.87. The number of hydrogen-bond donors (Lipinski definition) is 2. The molecule has 0 radical (unpaired) electrons. The third-order valence-electron chi connectivity index (χ3n) is 6.06. The van der Waals surface area contributed by atoms with Gasteiger partial charge in [0.15, 0.2) is 0 Å². The molecule has 2 fully saturated rings. The third kappa shape index (κ3) is 5.29. The molecule has 0 bridgehead atoms. The van der Waals surface area contributed by atoms with Crippen LogP contribution in [0, 0.1) is 11.3 Å². The molecule has 174 valence electrons. The van der Waals surface area contributed by atoms with Gasteiger partial charge in [0.05, 0.1) is 12.2 Å². The number of ether oxygens (including phenoxy) is 1. The largest absolute Gasteiger partial charge is 0.462 e. The zero-order chi connectivity index (χ0) is 23.5. The van der Waals surface area contributed by atoms with E-state index >= 15 is 0 Å². The number of unbranched alkanes of at least 4 members (excludes halogenated alkanes) is 1. The number of urea groups is 1. The molecule has 4 amide bonds. The van der Waals surface area contributed by atoms with Gasteiger partial charge in [0.1, 0.15) is 12.1 Å². The summed E-state index contributed by atoms with van der Waals surface area (Å²) >= 11 is 0. The van der Waals surface area contributed by atoms with Crippen molar-refractivity contribution in [3.63, 3.8) is 0 Å². The molecule has 1 spiro atoms. The highest BCUT2D eigenvalue weighted by molar-refractivity contribution is 6.10. The SMILES string of the molecule is CCCCOC(=O)c1ccc(NC(=O)CN2C(=O)NC3(CC(C)CC(C)(C)C3)C2=O)cc1. The Hall–Kier alpha value is -2.90. The number of nitrogens with one attached hydrogen (secondary N) is 2. The summed E-state index contributed by atoms with van der Waals surface area (Å²) in [7, 11) is 0. The van der Waals surface area contributed by atoms with Gasteiger partial charge in [-0.3, -0.25) is 14.5 Å². The van der Waals surface area contributed by atoms with E-state index in [0.717, 1.165) is 24.2 Å². The highest BCUT2D eigenvalue weighted by Gasteiger charge is 2.56. The summed E-state index contributed by atoms with van der Waals surface area (Å²) in [4.78, 5) is 51.2. The number of carbonyl (C=O) groups is 4. The lowest BCUT2D eigenvalue weighted by molar-refractivity contribution is -0.136. The van der Waals surface area contributed by atoms with Crippen LogP contribution in [0.4, 0.5) is 10.5 Å². The lowest BCUT2D eigenvalue weighted by Gasteiger charge is -2.43. The number of esters is 1. The van der Waals surface area contributed by atoms with Crippen LogP contribution in [-0.4, -0.2) is 47.4 Å². The molecule has 1 aliphatic heterocycles. The van der Waals surface area contributed by atoms with E-state index in [1.54, 1.807) is 24.3 Å². The summed E-state index contributed by atoms with van der Waals surface area (Å²) in [5.41, 5.74) is -0.144. The Bertz CT molecular complexity index is 895. The van der Waals surface area contributed by atoms with E-state index in [9.17, 15) is 19.2 Å². The smallest absolute Gasteiger partial charge is 0.338 e. The van der Waals surface area contributed by atoms with Gasteiger partial charge in [-0.1, -0.05) is 34.1 Å². The van der Waals surface area contributed by atoms with Gasteiger partial charge < -0.3 is 15.4 Å². The Morgan fingerprint density at radius 3 is 2.50 bits per heavy atom. The second kappa shape index (κ2) is 9.30. The van der Waals surface area contributed by atoms with Gasteiger partial charge >= 0.3 is 12.0 Å². The average Bonchev–Trinajstić information content (AvgIpc) is 2.90. The molecule has 0 aromatic heterocycles. The highest BCUT2D eigenvalue weighted by atomic mass is 16.5. The molecule has 1 aromatic rings. The van der Waals surface area contributed by atoms with Crippen molar-refractivity contribution in [2.45, 2.75) is 65.3 Å². The predicted octanol–water partition coefficient (Wildman–Crippen LogP) is 3.72. The van der Waals surface area contributed by atoms with Gasteiger partial charge in [0.25, 0.3) is 5.91 Å². The van der Waals surface area contributed by atoms with E-state index < -0.39 is 23.4 Å². The molecule has 2 aliphatic rings. The lowest BCUT2D eigenvalue weighted by atomic mass is 9.64. The zero-order valence-corrected chi connectivity index (χ0v) is 19.3. The Labute approximate surface area is 189 Å². The van der Waals surface area contributed by atoms with Crippen LogP contribution in [0.5, 0.6) is 0 Å². The van der Waals surface area contributed by atoms with Crippen molar-refractivity contribution in [2.75, 3.05) is 18.5 Å². The zero-order valence-electron chi connectivity index (χ0n) is 19.3. The number of benzene rings is 1. The minimum absolute atomic E-state index is 0.0711. The number of imide groups is 1. The summed E-state index contributed by atoms with van der Waals surface area (Å²) in [5.74, 6) is -0.927.